The van der Waals surface area contributed by atoms with Gasteiger partial charge in [-0.2, -0.15) is 0 Å². The van der Waals surface area contributed by atoms with Gasteiger partial charge < -0.3 is 9.52 Å². The molecule has 0 bridgehead atoms. The summed E-state index contributed by atoms with van der Waals surface area (Å²) in [5, 5.41) is 11.1. The molecule has 3 heteroatoms. The van der Waals surface area contributed by atoms with Gasteiger partial charge in [0.15, 0.2) is 0 Å². The Labute approximate surface area is 98.4 Å². The summed E-state index contributed by atoms with van der Waals surface area (Å²) in [6.45, 7) is 0. The maximum Gasteiger partial charge on any atom is 0.140 e. The van der Waals surface area contributed by atoms with Gasteiger partial charge in [-0.15, -0.1) is 0 Å². The highest BCUT2D eigenvalue weighted by atomic mass is 19.1. The van der Waals surface area contributed by atoms with Gasteiger partial charge in [-0.1, -0.05) is 6.08 Å². The van der Waals surface area contributed by atoms with Crippen LogP contribution < -0.4 is 0 Å². The standard InChI is InChI=1S/C14H13FO2/c15-11-4-5-12-10(8-11)9-13(17-12)14(16)6-2-1-3-7-14/h2,4-6,8-9,16H,1,3,7H2. The molecule has 3 rings (SSSR count). The number of aliphatic hydroxyl groups is 1. The number of benzene rings is 1. The van der Waals surface area contributed by atoms with Crippen LogP contribution in [0.25, 0.3) is 11.0 Å². The Morgan fingerprint density at radius 2 is 2.18 bits per heavy atom. The van der Waals surface area contributed by atoms with Crippen molar-refractivity contribution in [3.63, 3.8) is 0 Å². The molecular weight excluding hydrogens is 219 g/mol. The minimum Gasteiger partial charge on any atom is -0.458 e. The molecule has 88 valence electrons. The zero-order chi connectivity index (χ0) is 11.9. The predicted octanol–water partition coefficient (Wildman–Crippen LogP) is 3.50. The van der Waals surface area contributed by atoms with Crippen LogP contribution in [-0.4, -0.2) is 5.11 Å². The fourth-order valence-corrected chi connectivity index (χ4v) is 2.28. The zero-order valence-electron chi connectivity index (χ0n) is 9.32. The van der Waals surface area contributed by atoms with Crippen molar-refractivity contribution < 1.29 is 13.9 Å². The minimum atomic E-state index is -1.03. The zero-order valence-corrected chi connectivity index (χ0v) is 9.32. The summed E-state index contributed by atoms with van der Waals surface area (Å²) >= 11 is 0. The maximum absolute atomic E-state index is 13.1. The fourth-order valence-electron chi connectivity index (χ4n) is 2.28. The van der Waals surface area contributed by atoms with Gasteiger partial charge in [-0.05, 0) is 49.6 Å². The van der Waals surface area contributed by atoms with E-state index in [1.165, 1.54) is 12.1 Å². The van der Waals surface area contributed by atoms with Crippen LogP contribution >= 0.6 is 0 Å². The molecule has 1 heterocycles. The number of allylic oxidation sites excluding steroid dienone is 1. The first-order chi connectivity index (χ1) is 8.17. The van der Waals surface area contributed by atoms with Gasteiger partial charge in [0.2, 0.25) is 0 Å². The van der Waals surface area contributed by atoms with Gasteiger partial charge >= 0.3 is 0 Å². The van der Waals surface area contributed by atoms with Gasteiger partial charge in [0.1, 0.15) is 22.8 Å². The summed E-state index contributed by atoms with van der Waals surface area (Å²) in [6.07, 6.45) is 6.28. The molecule has 2 aromatic rings. The third kappa shape index (κ3) is 1.76. The lowest BCUT2D eigenvalue weighted by Crippen LogP contribution is -2.23. The Morgan fingerprint density at radius 1 is 1.29 bits per heavy atom. The van der Waals surface area contributed by atoms with E-state index < -0.39 is 5.60 Å². The Balaban J connectivity index is 2.11. The highest BCUT2D eigenvalue weighted by Crippen LogP contribution is 2.35. The van der Waals surface area contributed by atoms with Crippen LogP contribution in [0.2, 0.25) is 0 Å². The molecule has 0 amide bonds. The van der Waals surface area contributed by atoms with Crippen LogP contribution in [0.3, 0.4) is 0 Å². The SMILES string of the molecule is OC1(c2cc3cc(F)ccc3o2)C=CCCC1. The van der Waals surface area contributed by atoms with Gasteiger partial charge in [-0.3, -0.25) is 0 Å². The van der Waals surface area contributed by atoms with Crippen LogP contribution in [0, 0.1) is 5.82 Å². The molecule has 2 nitrogen and oxygen atoms in total. The second-order valence-electron chi connectivity index (χ2n) is 4.51. The normalized spacial score (nSPS) is 24.4. The number of hydrogen-bond donors (Lipinski definition) is 1. The minimum absolute atomic E-state index is 0.295. The van der Waals surface area contributed by atoms with Crippen LogP contribution in [0.15, 0.2) is 40.8 Å². The van der Waals surface area contributed by atoms with Gasteiger partial charge in [0.25, 0.3) is 0 Å². The molecule has 0 spiro atoms. The van der Waals surface area contributed by atoms with Gasteiger partial charge in [-0.25, -0.2) is 4.39 Å². The molecule has 0 aliphatic heterocycles. The summed E-state index contributed by atoms with van der Waals surface area (Å²) in [5.41, 5.74) is -0.429. The monoisotopic (exact) mass is 232 g/mol. The summed E-state index contributed by atoms with van der Waals surface area (Å²) in [4.78, 5) is 0. The van der Waals surface area contributed by atoms with Crippen LogP contribution in [0.5, 0.6) is 0 Å². The first-order valence-corrected chi connectivity index (χ1v) is 5.77. The van der Waals surface area contributed by atoms with E-state index in [4.69, 9.17) is 4.42 Å². The molecule has 1 unspecified atom stereocenters. The van der Waals surface area contributed by atoms with E-state index in [0.717, 1.165) is 12.8 Å². The lowest BCUT2D eigenvalue weighted by atomic mass is 9.89. The molecule has 1 aliphatic rings. The first kappa shape index (κ1) is 10.5. The summed E-state index contributed by atoms with van der Waals surface area (Å²) < 4.78 is 18.7. The summed E-state index contributed by atoms with van der Waals surface area (Å²) in [7, 11) is 0. The van der Waals surface area contributed by atoms with Crippen molar-refractivity contribution in [2.24, 2.45) is 0 Å². The molecule has 0 saturated heterocycles. The van der Waals surface area contributed by atoms with Crippen LogP contribution in [-0.2, 0) is 5.60 Å². The lowest BCUT2D eigenvalue weighted by molar-refractivity contribution is 0.0511. The largest absolute Gasteiger partial charge is 0.458 e. The average molecular weight is 232 g/mol. The van der Waals surface area contributed by atoms with Crippen molar-refractivity contribution in [1.82, 2.24) is 0 Å². The average Bonchev–Trinajstić information content (AvgIpc) is 2.73. The van der Waals surface area contributed by atoms with Gasteiger partial charge in [0, 0.05) is 5.39 Å². The Hall–Kier alpha value is -1.61. The molecule has 0 radical (unpaired) electrons. The quantitative estimate of drug-likeness (QED) is 0.763. The third-order valence-electron chi connectivity index (χ3n) is 3.23. The smallest absolute Gasteiger partial charge is 0.140 e. The number of furan rings is 1. The molecule has 17 heavy (non-hydrogen) atoms. The molecule has 1 aromatic carbocycles. The maximum atomic E-state index is 13.1. The second kappa shape index (κ2) is 3.70. The second-order valence-corrected chi connectivity index (χ2v) is 4.51. The van der Waals surface area contributed by atoms with E-state index in [2.05, 4.69) is 0 Å². The Kier molecular flexibility index (Phi) is 2.30. The van der Waals surface area contributed by atoms with Crippen molar-refractivity contribution in [1.29, 1.82) is 0 Å². The third-order valence-corrected chi connectivity index (χ3v) is 3.23. The van der Waals surface area contributed by atoms with Crippen molar-refractivity contribution in [3.8, 4) is 0 Å². The Bertz CT molecular complexity index is 585. The van der Waals surface area contributed by atoms with Crippen molar-refractivity contribution >= 4 is 11.0 Å². The number of rotatable bonds is 1. The molecule has 0 saturated carbocycles. The predicted molar refractivity (Wildman–Crippen MR) is 63.1 cm³/mol. The summed E-state index contributed by atoms with van der Waals surface area (Å²) in [5.74, 6) is 0.199. The van der Waals surface area contributed by atoms with Crippen molar-refractivity contribution in [2.45, 2.75) is 24.9 Å². The van der Waals surface area contributed by atoms with E-state index in [-0.39, 0.29) is 5.82 Å². The summed E-state index contributed by atoms with van der Waals surface area (Å²) in [6, 6.07) is 6.08. The van der Waals surface area contributed by atoms with E-state index in [1.54, 1.807) is 18.2 Å². The van der Waals surface area contributed by atoms with Crippen molar-refractivity contribution in [2.75, 3.05) is 0 Å². The first-order valence-electron chi connectivity index (χ1n) is 5.77. The van der Waals surface area contributed by atoms with Crippen molar-refractivity contribution in [3.05, 3.63) is 48.0 Å². The number of fused-ring (bicyclic) bond motifs is 1. The Morgan fingerprint density at radius 3 is 2.94 bits per heavy atom. The number of hydrogen-bond acceptors (Lipinski definition) is 2. The van der Waals surface area contributed by atoms with E-state index in [1.807, 2.05) is 6.08 Å². The highest BCUT2D eigenvalue weighted by molar-refractivity contribution is 5.78. The fraction of sp³-hybridized carbons (Fsp3) is 0.286. The molecule has 1 atom stereocenters. The molecule has 1 N–H and O–H groups in total. The highest BCUT2D eigenvalue weighted by Gasteiger charge is 2.31. The van der Waals surface area contributed by atoms with E-state index >= 15 is 0 Å². The van der Waals surface area contributed by atoms with Crippen LogP contribution in [0.1, 0.15) is 25.0 Å². The topological polar surface area (TPSA) is 33.4 Å². The van der Waals surface area contributed by atoms with E-state index in [0.29, 0.717) is 23.2 Å². The number of halogens is 1. The molecular formula is C14H13FO2. The molecule has 1 aliphatic carbocycles. The van der Waals surface area contributed by atoms with Crippen LogP contribution in [0.4, 0.5) is 4.39 Å². The lowest BCUT2D eigenvalue weighted by Gasteiger charge is -2.24. The van der Waals surface area contributed by atoms with Gasteiger partial charge in [0.05, 0.1) is 0 Å². The van der Waals surface area contributed by atoms with E-state index in [9.17, 15) is 9.50 Å². The molecule has 0 fully saturated rings. The molecule has 1 aromatic heterocycles.